The number of ether oxygens (including phenoxy) is 4. The van der Waals surface area contributed by atoms with Gasteiger partial charge in [0.2, 0.25) is 23.6 Å². The average Bonchev–Trinajstić information content (AvgIpc) is 4.08. The van der Waals surface area contributed by atoms with E-state index >= 15 is 0 Å². The highest BCUT2D eigenvalue weighted by atomic mass is 16.5. The number of Topliss-reactive ketones (excluding diaryl/α,β-unsaturated/α-hetero) is 1. The van der Waals surface area contributed by atoms with E-state index in [1.807, 2.05) is 45.9 Å². The molecular weight excluding hydrogens is 851 g/mol. The molecule has 66 heavy (non-hydrogen) atoms. The van der Waals surface area contributed by atoms with E-state index in [9.17, 15) is 33.9 Å². The molecule has 1 unspecified atom stereocenters. The number of nitrogens with zero attached hydrogens (tertiary/aromatic N) is 5. The Morgan fingerprint density at radius 3 is 2.20 bits per heavy atom. The lowest BCUT2D eigenvalue weighted by Crippen LogP contribution is -2.58. The van der Waals surface area contributed by atoms with Gasteiger partial charge in [-0.1, -0.05) is 76.5 Å². The summed E-state index contributed by atoms with van der Waals surface area (Å²) in [4.78, 5) is 88.7. The molecule has 1 saturated heterocycles. The smallest absolute Gasteiger partial charge is 0.326 e. The highest BCUT2D eigenvalue weighted by molar-refractivity contribution is 5.93. The molecule has 4 amide bonds. The summed E-state index contributed by atoms with van der Waals surface area (Å²) in [7, 11) is 4.70. The number of carbonyl (C=O) groups excluding carboxylic acids is 5. The summed E-state index contributed by atoms with van der Waals surface area (Å²) >= 11 is 0. The van der Waals surface area contributed by atoms with Crippen LogP contribution in [-0.2, 0) is 54.1 Å². The van der Waals surface area contributed by atoms with Crippen molar-refractivity contribution in [1.82, 2.24) is 20.4 Å². The molecule has 0 radical (unpaired) electrons. The summed E-state index contributed by atoms with van der Waals surface area (Å²) < 4.78 is 23.0. The van der Waals surface area contributed by atoms with E-state index in [1.54, 1.807) is 35.9 Å². The van der Waals surface area contributed by atoms with Crippen molar-refractivity contribution in [3.05, 3.63) is 46.3 Å². The third-order valence-electron chi connectivity index (χ3n) is 14.2. The summed E-state index contributed by atoms with van der Waals surface area (Å²) in [6, 6.07) is 6.00. The standard InChI is InChI=1S/C48H75N7O11/c1-9-30(4)43(38(63-7)28-39(57)55-21-13-16-36(55)44(64-8)31(5)45(58)51-35(48(61)62)26-32-14-11-10-12-15-32)54(6)47(60)42(29(2)3)52-46(59)41-34-18-17-33(27-34)40(41)37(56)19-22-65-24-25-66-23-20-50-53-49/h10-12,14-15,29-31,33-36,38,40-44H,9,13,16-28H2,1-8H3,(H,51,58)(H,52,59)(H,61,62)/t30-,31+,33+,34-,35-,36-,38+,40?,41+,42-,43-,44+/m0/s1. The maximum Gasteiger partial charge on any atom is 0.326 e. The van der Waals surface area contributed by atoms with Crippen molar-refractivity contribution in [2.75, 3.05) is 60.8 Å². The van der Waals surface area contributed by atoms with E-state index in [-0.39, 0.29) is 92.8 Å². The number of fused-ring (bicyclic) bond motifs is 2. The first-order chi connectivity index (χ1) is 31.6. The molecule has 12 atom stereocenters. The Kier molecular flexibility index (Phi) is 21.8. The number of rotatable bonds is 29. The van der Waals surface area contributed by atoms with Crippen LogP contribution in [-0.4, -0.2) is 147 Å². The lowest BCUT2D eigenvalue weighted by atomic mass is 9.75. The number of amides is 4. The van der Waals surface area contributed by atoms with Crippen LogP contribution < -0.4 is 10.6 Å². The molecule has 4 rings (SSSR count). The zero-order valence-corrected chi connectivity index (χ0v) is 40.3. The van der Waals surface area contributed by atoms with Crippen molar-refractivity contribution in [2.24, 2.45) is 46.5 Å². The van der Waals surface area contributed by atoms with Gasteiger partial charge >= 0.3 is 5.97 Å². The molecule has 3 N–H and O–H groups in total. The predicted octanol–water partition coefficient (Wildman–Crippen LogP) is 4.82. The molecule has 1 aromatic rings. The Balaban J connectivity index is 1.42. The van der Waals surface area contributed by atoms with Gasteiger partial charge in [-0.25, -0.2) is 4.79 Å². The molecule has 18 heteroatoms. The van der Waals surface area contributed by atoms with Crippen LogP contribution >= 0.6 is 0 Å². The number of carboxylic acids is 1. The van der Waals surface area contributed by atoms with E-state index < -0.39 is 66.0 Å². The Morgan fingerprint density at radius 2 is 1.59 bits per heavy atom. The van der Waals surface area contributed by atoms with Crippen molar-refractivity contribution < 1.29 is 52.8 Å². The van der Waals surface area contributed by atoms with Crippen LogP contribution in [0.1, 0.15) is 91.5 Å². The number of likely N-dealkylation sites (N-methyl/N-ethyl adjacent to an activating group) is 1. The molecule has 0 spiro atoms. The van der Waals surface area contributed by atoms with Gasteiger partial charge in [0.25, 0.3) is 0 Å². The number of carboxylic acid groups (broad SMARTS) is 1. The molecular formula is C48H75N7O11. The van der Waals surface area contributed by atoms with Gasteiger partial charge < -0.3 is 44.5 Å². The first-order valence-electron chi connectivity index (χ1n) is 23.8. The molecule has 1 aliphatic heterocycles. The molecule has 368 valence electrons. The van der Waals surface area contributed by atoms with Crippen LogP contribution in [0.15, 0.2) is 35.4 Å². The fourth-order valence-electron chi connectivity index (χ4n) is 10.6. The number of hydrogen-bond acceptors (Lipinski definition) is 11. The minimum atomic E-state index is -1.15. The van der Waals surface area contributed by atoms with E-state index in [0.717, 1.165) is 24.8 Å². The van der Waals surface area contributed by atoms with Gasteiger partial charge in [-0.3, -0.25) is 24.0 Å². The number of azide groups is 1. The maximum atomic E-state index is 14.6. The minimum Gasteiger partial charge on any atom is -0.480 e. The largest absolute Gasteiger partial charge is 0.480 e. The van der Waals surface area contributed by atoms with Crippen LogP contribution in [0.3, 0.4) is 0 Å². The second-order valence-corrected chi connectivity index (χ2v) is 18.7. The number of aliphatic carboxylic acids is 1. The van der Waals surface area contributed by atoms with Crippen molar-refractivity contribution >= 4 is 35.4 Å². The van der Waals surface area contributed by atoms with Crippen LogP contribution in [0, 0.1) is 41.4 Å². The summed E-state index contributed by atoms with van der Waals surface area (Å²) in [6.45, 7) is 11.2. The van der Waals surface area contributed by atoms with Gasteiger partial charge in [0.05, 0.1) is 69.0 Å². The van der Waals surface area contributed by atoms with E-state index in [2.05, 4.69) is 20.7 Å². The molecule has 1 heterocycles. The van der Waals surface area contributed by atoms with Crippen molar-refractivity contribution in [2.45, 2.75) is 129 Å². The number of carbonyl (C=O) groups is 6. The monoisotopic (exact) mass is 926 g/mol. The Morgan fingerprint density at radius 1 is 0.924 bits per heavy atom. The Hall–Kier alpha value is -4.61. The molecule has 3 aliphatic rings. The number of benzene rings is 1. The zero-order valence-electron chi connectivity index (χ0n) is 40.3. The lowest BCUT2D eigenvalue weighted by Gasteiger charge is -2.41. The minimum absolute atomic E-state index is 0.0129. The van der Waals surface area contributed by atoms with Crippen LogP contribution in [0.5, 0.6) is 0 Å². The van der Waals surface area contributed by atoms with Gasteiger partial charge in [-0.05, 0) is 66.9 Å². The molecule has 2 saturated carbocycles. The van der Waals surface area contributed by atoms with Crippen LogP contribution in [0.2, 0.25) is 0 Å². The highest BCUT2D eigenvalue weighted by Gasteiger charge is 2.54. The molecule has 18 nitrogen and oxygen atoms in total. The number of likely N-dealkylation sites (tertiary alicyclic amines) is 1. The Bertz CT molecular complexity index is 1810. The summed E-state index contributed by atoms with van der Waals surface area (Å²) in [5, 5.41) is 19.1. The zero-order chi connectivity index (χ0) is 48.5. The van der Waals surface area contributed by atoms with Crippen LogP contribution in [0.4, 0.5) is 0 Å². The molecule has 2 bridgehead atoms. The van der Waals surface area contributed by atoms with E-state index in [4.69, 9.17) is 24.5 Å². The van der Waals surface area contributed by atoms with Gasteiger partial charge in [-0.2, -0.15) is 0 Å². The second kappa shape index (κ2) is 26.7. The number of ketones is 1. The number of hydrogen-bond donors (Lipinski definition) is 3. The highest BCUT2D eigenvalue weighted by Crippen LogP contribution is 2.53. The molecule has 0 aromatic heterocycles. The fraction of sp³-hybridized carbons (Fsp3) is 0.750. The summed E-state index contributed by atoms with van der Waals surface area (Å²) in [5.41, 5.74) is 9.14. The van der Waals surface area contributed by atoms with Crippen LogP contribution in [0.25, 0.3) is 10.4 Å². The van der Waals surface area contributed by atoms with Crippen molar-refractivity contribution in [3.8, 4) is 0 Å². The first-order valence-corrected chi connectivity index (χ1v) is 23.8. The maximum absolute atomic E-state index is 14.6. The topological polar surface area (TPSA) is 239 Å². The van der Waals surface area contributed by atoms with Crippen molar-refractivity contribution in [3.63, 3.8) is 0 Å². The van der Waals surface area contributed by atoms with E-state index in [1.165, 1.54) is 14.2 Å². The second-order valence-electron chi connectivity index (χ2n) is 18.7. The summed E-state index contributed by atoms with van der Waals surface area (Å²) in [6.07, 6.45) is 3.23. The van der Waals surface area contributed by atoms with Crippen molar-refractivity contribution in [1.29, 1.82) is 0 Å². The van der Waals surface area contributed by atoms with E-state index in [0.29, 0.717) is 32.4 Å². The third-order valence-corrected chi connectivity index (χ3v) is 14.2. The molecule has 3 fully saturated rings. The van der Waals surface area contributed by atoms with Gasteiger partial charge in [0, 0.05) is 58.0 Å². The summed E-state index contributed by atoms with van der Waals surface area (Å²) in [5.74, 6) is -4.50. The molecule has 2 aliphatic carbocycles. The predicted molar refractivity (Wildman–Crippen MR) is 246 cm³/mol. The van der Waals surface area contributed by atoms with Gasteiger partial charge in [0.15, 0.2) is 0 Å². The normalized spacial score (nSPS) is 23.2. The Labute approximate surface area is 390 Å². The number of nitrogens with one attached hydrogen (secondary N) is 2. The lowest BCUT2D eigenvalue weighted by molar-refractivity contribution is -0.148. The quantitative estimate of drug-likeness (QED) is 0.0426. The SMILES string of the molecule is CC[C@H](C)[C@@H]([C@@H](CC(=O)N1CCC[C@H]1[C@H](OC)[C@@H](C)C(=O)N[C@@H](Cc1ccccc1)C(=O)O)OC)N(C)C(=O)[C@@H](NC(=O)[C@H]1C(C(=O)CCOCCOCCN=[N+]=[N-])[C@@H]2CC[C@H]1C2)C(C)C. The third kappa shape index (κ3) is 14.2. The van der Waals surface area contributed by atoms with Gasteiger partial charge in [0.1, 0.15) is 17.9 Å². The van der Waals surface area contributed by atoms with Gasteiger partial charge in [-0.15, -0.1) is 0 Å². The number of methoxy groups -OCH3 is 2. The molecule has 1 aromatic carbocycles. The fourth-order valence-corrected chi connectivity index (χ4v) is 10.6. The average molecular weight is 926 g/mol. The first kappa shape index (κ1) is 54.0.